The van der Waals surface area contributed by atoms with Gasteiger partial charge in [0, 0.05) is 38.2 Å². The molecule has 0 radical (unpaired) electrons. The number of hydrogen-bond donors (Lipinski definition) is 0. The summed E-state index contributed by atoms with van der Waals surface area (Å²) in [7, 11) is 0. The van der Waals surface area contributed by atoms with Crippen LogP contribution in [0, 0.1) is 0 Å². The maximum atomic E-state index is 5.40. The van der Waals surface area contributed by atoms with Crippen LogP contribution in [-0.2, 0) is 5.41 Å². The first-order chi connectivity index (χ1) is 28.5. The maximum Gasteiger partial charge on any atom is 0.0979 e. The molecule has 1 aliphatic rings. The summed E-state index contributed by atoms with van der Waals surface area (Å²) in [5.74, 6) is 0. The Morgan fingerprint density at radius 1 is 0.397 bits per heavy atom. The van der Waals surface area contributed by atoms with Gasteiger partial charge in [0.15, 0.2) is 0 Å². The average molecular weight is 740 g/mol. The van der Waals surface area contributed by atoms with Crippen molar-refractivity contribution in [2.45, 2.75) is 19.3 Å². The number of benzene rings is 9. The first kappa shape index (κ1) is 32.8. The summed E-state index contributed by atoms with van der Waals surface area (Å²) in [6.07, 6.45) is 1.95. The van der Waals surface area contributed by atoms with Gasteiger partial charge in [0.05, 0.1) is 34.0 Å². The van der Waals surface area contributed by atoms with Gasteiger partial charge >= 0.3 is 0 Å². The fourth-order valence-electron chi connectivity index (χ4n) is 9.75. The molecule has 1 aliphatic carbocycles. The van der Waals surface area contributed by atoms with Gasteiger partial charge in [-0.2, -0.15) is 0 Å². The van der Waals surface area contributed by atoms with Crippen LogP contribution < -0.4 is 0 Å². The Kier molecular flexibility index (Phi) is 6.98. The second-order valence-corrected chi connectivity index (χ2v) is 16.2. The van der Waals surface area contributed by atoms with Gasteiger partial charge in [-0.15, -0.1) is 0 Å². The van der Waals surface area contributed by atoms with Gasteiger partial charge in [0.2, 0.25) is 0 Å². The van der Waals surface area contributed by atoms with Crippen LogP contribution in [-0.4, -0.2) is 14.5 Å². The molecule has 12 rings (SSSR count). The van der Waals surface area contributed by atoms with Gasteiger partial charge in [0.25, 0.3) is 0 Å². The van der Waals surface area contributed by atoms with E-state index in [0.29, 0.717) is 0 Å². The van der Waals surface area contributed by atoms with E-state index in [0.717, 1.165) is 44.3 Å². The molecule has 0 saturated heterocycles. The third-order valence-corrected chi connectivity index (χ3v) is 12.6. The highest BCUT2D eigenvalue weighted by molar-refractivity contribution is 6.23. The van der Waals surface area contributed by atoms with Crippen molar-refractivity contribution in [3.8, 4) is 50.3 Å². The molecule has 3 nitrogen and oxygen atoms in total. The number of aromatic nitrogens is 3. The fourth-order valence-corrected chi connectivity index (χ4v) is 9.75. The monoisotopic (exact) mass is 739 g/mol. The summed E-state index contributed by atoms with van der Waals surface area (Å²) in [5.41, 5.74) is 17.2. The van der Waals surface area contributed by atoms with Crippen molar-refractivity contribution in [1.29, 1.82) is 0 Å². The quantitative estimate of drug-likeness (QED) is 0.168. The Morgan fingerprint density at radius 3 is 1.67 bits per heavy atom. The zero-order valence-corrected chi connectivity index (χ0v) is 32.2. The Labute approximate surface area is 336 Å². The van der Waals surface area contributed by atoms with Crippen LogP contribution in [0.15, 0.2) is 188 Å². The molecule has 0 unspecified atom stereocenters. The number of rotatable bonds is 4. The molecule has 2 heterocycles. The Morgan fingerprint density at radius 2 is 0.983 bits per heavy atom. The summed E-state index contributed by atoms with van der Waals surface area (Å²) >= 11 is 0. The molecule has 272 valence electrons. The van der Waals surface area contributed by atoms with Crippen LogP contribution in [0.2, 0.25) is 0 Å². The zero-order valence-electron chi connectivity index (χ0n) is 32.2. The van der Waals surface area contributed by atoms with Gasteiger partial charge in [-0.1, -0.05) is 153 Å². The lowest BCUT2D eigenvalue weighted by Gasteiger charge is -2.22. The standard InChI is InChI=1S/C55H37N3/c1-55(2)48-24-14-13-21-42(48)45-31-47-46-30-36(50-33-56-53-43-22-11-9-19-40(43)41-20-10-12-23-44(41)54(53)57-50)25-26-51(46)58(52(47)32-49(45)55)39-28-37(34-15-5-3-6-16-34)27-38(29-39)35-17-7-4-8-18-35/h3-33H,1-2H3. The largest absolute Gasteiger partial charge is 0.309 e. The average Bonchev–Trinajstić information content (AvgIpc) is 3.73. The van der Waals surface area contributed by atoms with Crippen LogP contribution in [0.25, 0.3) is 105 Å². The van der Waals surface area contributed by atoms with Crippen molar-refractivity contribution in [2.24, 2.45) is 0 Å². The molecule has 11 aromatic rings. The summed E-state index contributed by atoms with van der Waals surface area (Å²) in [6.45, 7) is 4.73. The second-order valence-electron chi connectivity index (χ2n) is 16.2. The highest BCUT2D eigenvalue weighted by Crippen LogP contribution is 2.51. The first-order valence-corrected chi connectivity index (χ1v) is 20.1. The Balaban J connectivity index is 1.14. The lowest BCUT2D eigenvalue weighted by Crippen LogP contribution is -2.14. The van der Waals surface area contributed by atoms with Gasteiger partial charge < -0.3 is 4.57 Å². The first-order valence-electron chi connectivity index (χ1n) is 20.1. The highest BCUT2D eigenvalue weighted by Gasteiger charge is 2.36. The molecule has 9 aromatic carbocycles. The van der Waals surface area contributed by atoms with Crippen molar-refractivity contribution < 1.29 is 0 Å². The second kappa shape index (κ2) is 12.3. The van der Waals surface area contributed by atoms with Crippen LogP contribution in [0.4, 0.5) is 0 Å². The molecule has 0 saturated carbocycles. The number of hydrogen-bond acceptors (Lipinski definition) is 2. The third-order valence-electron chi connectivity index (χ3n) is 12.6. The lowest BCUT2D eigenvalue weighted by molar-refractivity contribution is 0.661. The zero-order chi connectivity index (χ0) is 38.5. The normalized spacial score (nSPS) is 13.1. The SMILES string of the molecule is CC1(C)c2ccccc2-c2cc3c4cc(-c5cnc6c7ccccc7c7ccccc7c6n5)ccc4n(-c4cc(-c5ccccc5)cc(-c5ccccc5)c4)c3cc21. The predicted octanol–water partition coefficient (Wildman–Crippen LogP) is 14.3. The summed E-state index contributed by atoms with van der Waals surface area (Å²) < 4.78 is 2.48. The van der Waals surface area contributed by atoms with E-state index in [1.54, 1.807) is 0 Å². The molecule has 58 heavy (non-hydrogen) atoms. The molecule has 2 aromatic heterocycles. The molecule has 3 heteroatoms. The molecular weight excluding hydrogens is 703 g/mol. The van der Waals surface area contributed by atoms with Gasteiger partial charge in [0.1, 0.15) is 0 Å². The van der Waals surface area contributed by atoms with Crippen LogP contribution in [0.3, 0.4) is 0 Å². The van der Waals surface area contributed by atoms with E-state index < -0.39 is 0 Å². The molecule has 0 amide bonds. The van der Waals surface area contributed by atoms with Crippen LogP contribution in [0.5, 0.6) is 0 Å². The van der Waals surface area contributed by atoms with Crippen LogP contribution >= 0.6 is 0 Å². The van der Waals surface area contributed by atoms with Crippen molar-refractivity contribution in [3.05, 3.63) is 199 Å². The highest BCUT2D eigenvalue weighted by atomic mass is 15.0. The van der Waals surface area contributed by atoms with Gasteiger partial charge in [-0.05, 0) is 97.7 Å². The molecule has 0 fully saturated rings. The summed E-state index contributed by atoms with van der Waals surface area (Å²) in [5, 5.41) is 7.05. The maximum absolute atomic E-state index is 5.40. The van der Waals surface area contributed by atoms with E-state index >= 15 is 0 Å². The Hall–Kier alpha value is -7.36. The minimum absolute atomic E-state index is 0.138. The van der Waals surface area contributed by atoms with Gasteiger partial charge in [-0.25, -0.2) is 4.98 Å². The molecule has 0 bridgehead atoms. The van der Waals surface area contributed by atoms with E-state index in [-0.39, 0.29) is 5.41 Å². The summed E-state index contributed by atoms with van der Waals surface area (Å²) in [4.78, 5) is 10.5. The molecule has 0 spiro atoms. The van der Waals surface area contributed by atoms with Gasteiger partial charge in [-0.3, -0.25) is 4.98 Å². The molecule has 0 aliphatic heterocycles. The van der Waals surface area contributed by atoms with E-state index in [1.807, 2.05) is 6.20 Å². The topological polar surface area (TPSA) is 30.7 Å². The van der Waals surface area contributed by atoms with Crippen LogP contribution in [0.1, 0.15) is 25.0 Å². The fraction of sp³-hybridized carbons (Fsp3) is 0.0545. The predicted molar refractivity (Wildman–Crippen MR) is 243 cm³/mol. The van der Waals surface area contributed by atoms with E-state index in [4.69, 9.17) is 9.97 Å². The number of nitrogens with zero attached hydrogens (tertiary/aromatic N) is 3. The van der Waals surface area contributed by atoms with E-state index in [2.05, 4.69) is 200 Å². The smallest absolute Gasteiger partial charge is 0.0979 e. The van der Waals surface area contributed by atoms with Crippen molar-refractivity contribution >= 4 is 54.4 Å². The summed E-state index contributed by atoms with van der Waals surface area (Å²) in [6, 6.07) is 66.3. The third kappa shape index (κ3) is 4.80. The van der Waals surface area contributed by atoms with Crippen molar-refractivity contribution in [3.63, 3.8) is 0 Å². The molecule has 0 N–H and O–H groups in total. The number of fused-ring (bicyclic) bond motifs is 12. The van der Waals surface area contributed by atoms with E-state index in [9.17, 15) is 0 Å². The minimum atomic E-state index is -0.138. The van der Waals surface area contributed by atoms with Crippen molar-refractivity contribution in [2.75, 3.05) is 0 Å². The lowest BCUT2D eigenvalue weighted by atomic mass is 9.82. The van der Waals surface area contributed by atoms with Crippen molar-refractivity contribution in [1.82, 2.24) is 14.5 Å². The minimum Gasteiger partial charge on any atom is -0.309 e. The molecular formula is C55H37N3. The van der Waals surface area contributed by atoms with E-state index in [1.165, 1.54) is 71.6 Å². The Bertz CT molecular complexity index is 3370. The molecule has 0 atom stereocenters.